The Balaban J connectivity index is 2.07. The van der Waals surface area contributed by atoms with Crippen LogP contribution in [0.15, 0.2) is 6.07 Å². The smallest absolute Gasteiger partial charge is 0.456 e. The van der Waals surface area contributed by atoms with E-state index in [2.05, 4.69) is 14.7 Å². The third-order valence-corrected chi connectivity index (χ3v) is 2.64. The number of hydrogen-bond donors (Lipinski definition) is 0. The van der Waals surface area contributed by atoms with Crippen molar-refractivity contribution in [3.63, 3.8) is 0 Å². The fourth-order valence-corrected chi connectivity index (χ4v) is 1.44. The Hall–Kier alpha value is -1.18. The van der Waals surface area contributed by atoms with Crippen molar-refractivity contribution in [1.82, 2.24) is 9.97 Å². The quantitative estimate of drug-likeness (QED) is 0.630. The fourth-order valence-electron chi connectivity index (χ4n) is 1.26. The highest BCUT2D eigenvalue weighted by molar-refractivity contribution is 6.29. The monoisotopic (exact) mass is 302 g/mol. The lowest BCUT2D eigenvalue weighted by molar-refractivity contribution is -0.290. The number of hydrogen-bond acceptors (Lipinski definition) is 3. The predicted molar refractivity (Wildman–Crippen MR) is 55.5 cm³/mol. The zero-order valence-corrected chi connectivity index (χ0v) is 10.1. The minimum absolute atomic E-state index is 0.0535. The highest BCUT2D eigenvalue weighted by Crippen LogP contribution is 2.39. The van der Waals surface area contributed by atoms with Gasteiger partial charge in [-0.2, -0.15) is 26.9 Å². The number of aromatic nitrogens is 2. The molecular formula is C10H8ClF5N2O. The van der Waals surface area contributed by atoms with Gasteiger partial charge < -0.3 is 4.74 Å². The zero-order chi connectivity index (χ0) is 14.3. The summed E-state index contributed by atoms with van der Waals surface area (Å²) in [5, 5.41) is -0.0535. The first-order valence-electron chi connectivity index (χ1n) is 5.31. The van der Waals surface area contributed by atoms with E-state index in [1.54, 1.807) is 0 Å². The minimum atomic E-state index is -5.66. The van der Waals surface area contributed by atoms with E-state index in [9.17, 15) is 22.0 Å². The Bertz CT molecular complexity index is 475. The van der Waals surface area contributed by atoms with Gasteiger partial charge in [-0.05, 0) is 12.8 Å². The van der Waals surface area contributed by atoms with Crippen LogP contribution in [0, 0.1) is 0 Å². The summed E-state index contributed by atoms with van der Waals surface area (Å²) in [6.45, 7) is -1.84. The van der Waals surface area contributed by atoms with E-state index in [0.717, 1.165) is 18.9 Å². The first-order valence-corrected chi connectivity index (χ1v) is 5.69. The molecule has 106 valence electrons. The Morgan fingerprint density at radius 2 is 1.84 bits per heavy atom. The molecule has 1 aliphatic rings. The third-order valence-electron chi connectivity index (χ3n) is 2.45. The maximum absolute atomic E-state index is 12.7. The number of rotatable bonds is 4. The van der Waals surface area contributed by atoms with E-state index < -0.39 is 18.7 Å². The topological polar surface area (TPSA) is 35.0 Å². The van der Waals surface area contributed by atoms with Gasteiger partial charge in [0.25, 0.3) is 0 Å². The van der Waals surface area contributed by atoms with Gasteiger partial charge in [-0.15, -0.1) is 0 Å². The number of nitrogens with zero attached hydrogens (tertiary/aromatic N) is 2. The van der Waals surface area contributed by atoms with Crippen LogP contribution < -0.4 is 4.74 Å². The van der Waals surface area contributed by atoms with Crippen molar-refractivity contribution in [2.45, 2.75) is 30.9 Å². The van der Waals surface area contributed by atoms with Gasteiger partial charge in [0.15, 0.2) is 6.61 Å². The van der Waals surface area contributed by atoms with Gasteiger partial charge in [0.1, 0.15) is 11.0 Å². The summed E-state index contributed by atoms with van der Waals surface area (Å²) >= 11 is 5.62. The van der Waals surface area contributed by atoms with Gasteiger partial charge in [-0.1, -0.05) is 11.6 Å². The van der Waals surface area contributed by atoms with Crippen LogP contribution in [0.5, 0.6) is 5.88 Å². The lowest BCUT2D eigenvalue weighted by Crippen LogP contribution is -2.41. The van der Waals surface area contributed by atoms with Crippen molar-refractivity contribution < 1.29 is 26.7 Å². The molecule has 0 saturated heterocycles. The van der Waals surface area contributed by atoms with Gasteiger partial charge in [-0.25, -0.2) is 4.98 Å². The summed E-state index contributed by atoms with van der Waals surface area (Å²) in [7, 11) is 0. The minimum Gasteiger partial charge on any atom is -0.471 e. The molecular weight excluding hydrogens is 295 g/mol. The lowest BCUT2D eigenvalue weighted by Gasteiger charge is -2.19. The average Bonchev–Trinajstić information content (AvgIpc) is 3.08. The van der Waals surface area contributed by atoms with Gasteiger partial charge >= 0.3 is 12.1 Å². The van der Waals surface area contributed by atoms with Crippen molar-refractivity contribution in [2.75, 3.05) is 6.61 Å². The van der Waals surface area contributed by atoms with E-state index in [1.165, 1.54) is 0 Å². The SMILES string of the molecule is FC(F)(F)C(F)(F)COc1cc(Cl)nc(C2CC2)n1. The number of ether oxygens (including phenoxy) is 1. The molecule has 1 aliphatic carbocycles. The molecule has 1 saturated carbocycles. The summed E-state index contributed by atoms with van der Waals surface area (Å²) in [5.41, 5.74) is 0. The van der Waals surface area contributed by atoms with Crippen LogP contribution in [0.4, 0.5) is 22.0 Å². The van der Waals surface area contributed by atoms with Crippen LogP contribution >= 0.6 is 11.6 Å². The second-order valence-corrected chi connectivity index (χ2v) is 4.54. The molecule has 0 atom stereocenters. The van der Waals surface area contributed by atoms with Crippen LogP contribution in [0.1, 0.15) is 24.6 Å². The van der Waals surface area contributed by atoms with Crippen molar-refractivity contribution in [2.24, 2.45) is 0 Å². The largest absolute Gasteiger partial charge is 0.471 e. The normalized spacial score (nSPS) is 16.5. The summed E-state index contributed by atoms with van der Waals surface area (Å²) in [6, 6.07) is 1.000. The Kier molecular flexibility index (Phi) is 3.55. The second kappa shape index (κ2) is 4.73. The van der Waals surface area contributed by atoms with E-state index in [4.69, 9.17) is 11.6 Å². The molecule has 0 radical (unpaired) electrons. The van der Waals surface area contributed by atoms with Crippen molar-refractivity contribution in [3.05, 3.63) is 17.0 Å². The zero-order valence-electron chi connectivity index (χ0n) is 9.35. The molecule has 0 bridgehead atoms. The van der Waals surface area contributed by atoms with E-state index >= 15 is 0 Å². The Morgan fingerprint density at radius 3 is 2.37 bits per heavy atom. The van der Waals surface area contributed by atoms with Crippen LogP contribution in [0.2, 0.25) is 5.15 Å². The molecule has 0 aromatic carbocycles. The molecule has 19 heavy (non-hydrogen) atoms. The summed E-state index contributed by atoms with van der Waals surface area (Å²) in [6.07, 6.45) is -4.00. The van der Waals surface area contributed by atoms with Gasteiger partial charge in [0.05, 0.1) is 0 Å². The van der Waals surface area contributed by atoms with Crippen molar-refractivity contribution in [3.8, 4) is 5.88 Å². The third kappa shape index (κ3) is 3.43. The molecule has 1 fully saturated rings. The molecule has 0 amide bonds. The fraction of sp³-hybridized carbons (Fsp3) is 0.600. The predicted octanol–water partition coefficient (Wildman–Crippen LogP) is 3.58. The van der Waals surface area contributed by atoms with Crippen molar-refractivity contribution in [1.29, 1.82) is 0 Å². The summed E-state index contributed by atoms with van der Waals surface area (Å²) in [4.78, 5) is 7.62. The lowest BCUT2D eigenvalue weighted by atomic mass is 10.3. The van der Waals surface area contributed by atoms with E-state index in [0.29, 0.717) is 5.82 Å². The van der Waals surface area contributed by atoms with E-state index in [1.807, 2.05) is 0 Å². The molecule has 0 aliphatic heterocycles. The Morgan fingerprint density at radius 1 is 1.21 bits per heavy atom. The highest BCUT2D eigenvalue weighted by atomic mass is 35.5. The van der Waals surface area contributed by atoms with Crippen LogP contribution in [-0.4, -0.2) is 28.7 Å². The maximum Gasteiger partial charge on any atom is 0.456 e. The van der Waals surface area contributed by atoms with Gasteiger partial charge in [0.2, 0.25) is 5.88 Å². The number of alkyl halides is 5. The molecule has 0 spiro atoms. The standard InChI is InChI=1S/C10H8ClF5N2O/c11-6-3-7(18-8(17-6)5-1-2-5)19-4-9(12,13)10(14,15)16/h3,5H,1-2,4H2. The molecule has 1 heterocycles. The number of halogens is 6. The van der Waals surface area contributed by atoms with E-state index in [-0.39, 0.29) is 17.0 Å². The second-order valence-electron chi connectivity index (χ2n) is 4.15. The molecule has 3 nitrogen and oxygen atoms in total. The highest BCUT2D eigenvalue weighted by Gasteiger charge is 2.58. The average molecular weight is 303 g/mol. The van der Waals surface area contributed by atoms with Gasteiger partial charge in [0, 0.05) is 12.0 Å². The molecule has 0 unspecified atom stereocenters. The summed E-state index contributed by atoms with van der Waals surface area (Å²) < 4.78 is 65.5. The van der Waals surface area contributed by atoms with Crippen LogP contribution in [0.3, 0.4) is 0 Å². The Labute approximate surface area is 109 Å². The van der Waals surface area contributed by atoms with Crippen molar-refractivity contribution >= 4 is 11.6 Å². The van der Waals surface area contributed by atoms with Gasteiger partial charge in [-0.3, -0.25) is 0 Å². The molecule has 1 aromatic heterocycles. The molecule has 9 heteroatoms. The summed E-state index contributed by atoms with van der Waals surface area (Å²) in [5.74, 6) is -4.95. The first kappa shape index (κ1) is 14.2. The van der Waals surface area contributed by atoms with Crippen LogP contribution in [0.25, 0.3) is 0 Å². The molecule has 1 aromatic rings. The first-order chi connectivity index (χ1) is 8.69. The molecule has 0 N–H and O–H groups in total. The maximum atomic E-state index is 12.7. The van der Waals surface area contributed by atoms with Crippen LogP contribution in [-0.2, 0) is 0 Å². The molecule has 2 rings (SSSR count).